The molecule has 1 amide bonds. The van der Waals surface area contributed by atoms with E-state index in [4.69, 9.17) is 14.2 Å². The number of rotatable bonds is 8. The molecule has 2 aromatic rings. The van der Waals surface area contributed by atoms with E-state index in [1.54, 1.807) is 31.4 Å². The smallest absolute Gasteiger partial charge is 0.331 e. The van der Waals surface area contributed by atoms with Crippen LogP contribution < -0.4 is 14.8 Å². The number of aryl methyl sites for hydroxylation is 1. The maximum Gasteiger partial charge on any atom is 0.331 e. The summed E-state index contributed by atoms with van der Waals surface area (Å²) in [6, 6.07) is 11.0. The first-order valence-corrected chi connectivity index (χ1v) is 9.35. The lowest BCUT2D eigenvalue weighted by Gasteiger charge is -2.13. The molecule has 0 bridgehead atoms. The molecule has 154 valence electrons. The van der Waals surface area contributed by atoms with Crippen LogP contribution in [-0.2, 0) is 14.3 Å². The topological polar surface area (TPSA) is 73.9 Å². The summed E-state index contributed by atoms with van der Waals surface area (Å²) in [5.41, 5.74) is 3.50. The molecule has 0 aliphatic carbocycles. The highest BCUT2D eigenvalue weighted by Crippen LogP contribution is 2.29. The average Bonchev–Trinajstić information content (AvgIpc) is 2.68. The Morgan fingerprint density at radius 1 is 1.10 bits per heavy atom. The molecule has 0 spiro atoms. The molecular weight excluding hydrogens is 370 g/mol. The number of nitrogens with one attached hydrogen (secondary N) is 1. The van der Waals surface area contributed by atoms with Crippen LogP contribution in [0.4, 0.5) is 5.69 Å². The van der Waals surface area contributed by atoms with Crippen LogP contribution in [0.5, 0.6) is 11.5 Å². The highest BCUT2D eigenvalue weighted by Gasteiger charge is 2.09. The zero-order valence-corrected chi connectivity index (χ0v) is 17.4. The molecule has 0 aliphatic rings. The molecule has 0 radical (unpaired) electrons. The van der Waals surface area contributed by atoms with Crippen molar-refractivity contribution in [2.24, 2.45) is 0 Å². The van der Waals surface area contributed by atoms with Gasteiger partial charge in [0.1, 0.15) is 0 Å². The Balaban J connectivity index is 1.90. The van der Waals surface area contributed by atoms with E-state index in [2.05, 4.69) is 5.32 Å². The summed E-state index contributed by atoms with van der Waals surface area (Å²) >= 11 is 0. The fourth-order valence-electron chi connectivity index (χ4n) is 2.56. The summed E-state index contributed by atoms with van der Waals surface area (Å²) in [6.45, 7) is 7.39. The molecule has 0 heterocycles. The van der Waals surface area contributed by atoms with E-state index < -0.39 is 11.9 Å². The molecule has 0 saturated heterocycles. The van der Waals surface area contributed by atoms with Crippen LogP contribution >= 0.6 is 0 Å². The van der Waals surface area contributed by atoms with E-state index in [0.717, 1.165) is 16.7 Å². The monoisotopic (exact) mass is 397 g/mol. The second kappa shape index (κ2) is 10.3. The SMILES string of the molecule is COc1cc(/C=C/C(=O)OCC(=O)Nc2cccc(C)c2C)ccc1OC(C)C. The zero-order valence-electron chi connectivity index (χ0n) is 17.4. The number of hydrogen-bond donors (Lipinski definition) is 1. The molecule has 6 nitrogen and oxygen atoms in total. The standard InChI is InChI=1S/C23H27NO5/c1-15(2)29-20-11-9-18(13-21(20)27-5)10-12-23(26)28-14-22(25)24-19-8-6-7-16(3)17(19)4/h6-13,15H,14H2,1-5H3,(H,24,25)/b12-10+. The number of anilines is 1. The fourth-order valence-corrected chi connectivity index (χ4v) is 2.56. The molecule has 0 saturated carbocycles. The van der Waals surface area contributed by atoms with Crippen molar-refractivity contribution in [1.82, 2.24) is 0 Å². The predicted octanol–water partition coefficient (Wildman–Crippen LogP) is 4.29. The van der Waals surface area contributed by atoms with Crippen LogP contribution in [0.1, 0.15) is 30.5 Å². The molecular formula is C23H27NO5. The molecule has 2 aromatic carbocycles. The van der Waals surface area contributed by atoms with Gasteiger partial charge in [-0.3, -0.25) is 4.79 Å². The van der Waals surface area contributed by atoms with Crippen molar-refractivity contribution in [3.63, 3.8) is 0 Å². The fraction of sp³-hybridized carbons (Fsp3) is 0.304. The van der Waals surface area contributed by atoms with Gasteiger partial charge in [-0.25, -0.2) is 4.79 Å². The minimum Gasteiger partial charge on any atom is -0.493 e. The number of benzene rings is 2. The zero-order chi connectivity index (χ0) is 21.4. The van der Waals surface area contributed by atoms with Crippen molar-refractivity contribution in [3.8, 4) is 11.5 Å². The summed E-state index contributed by atoms with van der Waals surface area (Å²) in [5, 5.41) is 2.75. The number of hydrogen-bond acceptors (Lipinski definition) is 5. The lowest BCUT2D eigenvalue weighted by atomic mass is 10.1. The van der Waals surface area contributed by atoms with E-state index >= 15 is 0 Å². The maximum atomic E-state index is 12.0. The van der Waals surface area contributed by atoms with Crippen molar-refractivity contribution in [2.45, 2.75) is 33.8 Å². The quantitative estimate of drug-likeness (QED) is 0.531. The number of amides is 1. The number of ether oxygens (including phenoxy) is 3. The van der Waals surface area contributed by atoms with Gasteiger partial charge in [0.15, 0.2) is 18.1 Å². The Morgan fingerprint density at radius 3 is 2.55 bits per heavy atom. The molecule has 0 atom stereocenters. The molecule has 6 heteroatoms. The summed E-state index contributed by atoms with van der Waals surface area (Å²) in [5.74, 6) is 0.201. The third-order valence-electron chi connectivity index (χ3n) is 4.19. The van der Waals surface area contributed by atoms with E-state index in [1.807, 2.05) is 45.9 Å². The first kappa shape index (κ1) is 22.0. The van der Waals surface area contributed by atoms with Gasteiger partial charge in [0.25, 0.3) is 5.91 Å². The second-order valence-electron chi connectivity index (χ2n) is 6.81. The summed E-state index contributed by atoms with van der Waals surface area (Å²) in [6.07, 6.45) is 2.88. The second-order valence-corrected chi connectivity index (χ2v) is 6.81. The van der Waals surface area contributed by atoms with Gasteiger partial charge in [-0.2, -0.15) is 0 Å². The summed E-state index contributed by atoms with van der Waals surface area (Å²) in [4.78, 5) is 23.9. The van der Waals surface area contributed by atoms with Gasteiger partial charge in [0.2, 0.25) is 0 Å². The third kappa shape index (κ3) is 6.68. The normalized spacial score (nSPS) is 10.8. The van der Waals surface area contributed by atoms with E-state index in [-0.39, 0.29) is 12.7 Å². The van der Waals surface area contributed by atoms with Crippen LogP contribution in [0.2, 0.25) is 0 Å². The average molecular weight is 397 g/mol. The van der Waals surface area contributed by atoms with Gasteiger partial charge in [-0.15, -0.1) is 0 Å². The first-order chi connectivity index (χ1) is 13.8. The number of esters is 1. The van der Waals surface area contributed by atoms with Crippen molar-refractivity contribution in [1.29, 1.82) is 0 Å². The molecule has 29 heavy (non-hydrogen) atoms. The lowest BCUT2D eigenvalue weighted by molar-refractivity contribution is -0.142. The van der Waals surface area contributed by atoms with Crippen LogP contribution in [0.3, 0.4) is 0 Å². The summed E-state index contributed by atoms with van der Waals surface area (Å²) < 4.78 is 16.0. The predicted molar refractivity (Wildman–Crippen MR) is 113 cm³/mol. The Kier molecular flexibility index (Phi) is 7.83. The van der Waals surface area contributed by atoms with Crippen molar-refractivity contribution >= 4 is 23.6 Å². The molecule has 0 fully saturated rings. The Hall–Kier alpha value is -3.28. The van der Waals surface area contributed by atoms with Crippen LogP contribution in [-0.4, -0.2) is 31.7 Å². The number of methoxy groups -OCH3 is 1. The number of carbonyl (C=O) groups is 2. The Morgan fingerprint density at radius 2 is 1.86 bits per heavy atom. The first-order valence-electron chi connectivity index (χ1n) is 9.35. The van der Waals surface area contributed by atoms with Gasteiger partial charge >= 0.3 is 5.97 Å². The van der Waals surface area contributed by atoms with Crippen molar-refractivity contribution < 1.29 is 23.8 Å². The van der Waals surface area contributed by atoms with Gasteiger partial charge in [0, 0.05) is 11.8 Å². The van der Waals surface area contributed by atoms with Crippen LogP contribution in [0.15, 0.2) is 42.5 Å². The molecule has 0 aliphatic heterocycles. The van der Waals surface area contributed by atoms with Crippen molar-refractivity contribution in [3.05, 3.63) is 59.2 Å². The maximum absolute atomic E-state index is 12.0. The number of carbonyl (C=O) groups excluding carboxylic acids is 2. The van der Waals surface area contributed by atoms with Crippen molar-refractivity contribution in [2.75, 3.05) is 19.0 Å². The molecule has 2 rings (SSSR count). The minimum absolute atomic E-state index is 0.0232. The highest BCUT2D eigenvalue weighted by molar-refractivity contribution is 5.95. The van der Waals surface area contributed by atoms with Gasteiger partial charge in [-0.05, 0) is 68.7 Å². The molecule has 0 aromatic heterocycles. The van der Waals surface area contributed by atoms with Crippen LogP contribution in [0, 0.1) is 13.8 Å². The van der Waals surface area contributed by atoms with Gasteiger partial charge in [0.05, 0.1) is 13.2 Å². The van der Waals surface area contributed by atoms with E-state index in [1.165, 1.54) is 6.08 Å². The van der Waals surface area contributed by atoms with Gasteiger partial charge in [-0.1, -0.05) is 18.2 Å². The minimum atomic E-state index is -0.609. The third-order valence-corrected chi connectivity index (χ3v) is 4.19. The Bertz CT molecular complexity index is 902. The summed E-state index contributed by atoms with van der Waals surface area (Å²) in [7, 11) is 1.55. The highest BCUT2D eigenvalue weighted by atomic mass is 16.5. The van der Waals surface area contributed by atoms with E-state index in [0.29, 0.717) is 17.2 Å². The van der Waals surface area contributed by atoms with Crippen LogP contribution in [0.25, 0.3) is 6.08 Å². The molecule has 1 N–H and O–H groups in total. The van der Waals surface area contributed by atoms with Gasteiger partial charge < -0.3 is 19.5 Å². The molecule has 0 unspecified atom stereocenters. The Labute approximate surface area is 171 Å². The largest absolute Gasteiger partial charge is 0.493 e. The lowest BCUT2D eigenvalue weighted by Crippen LogP contribution is -2.20. The van der Waals surface area contributed by atoms with E-state index in [9.17, 15) is 9.59 Å².